The van der Waals surface area contributed by atoms with Gasteiger partial charge >= 0.3 is 5.97 Å². The van der Waals surface area contributed by atoms with Gasteiger partial charge in [0.05, 0.1) is 7.11 Å². The summed E-state index contributed by atoms with van der Waals surface area (Å²) in [6.07, 6.45) is 1.09. The quantitative estimate of drug-likeness (QED) is 0.611. The van der Waals surface area contributed by atoms with Crippen molar-refractivity contribution < 1.29 is 14.3 Å². The molecule has 14 heavy (non-hydrogen) atoms. The van der Waals surface area contributed by atoms with Gasteiger partial charge in [-0.15, -0.1) is 0 Å². The van der Waals surface area contributed by atoms with Gasteiger partial charge in [-0.25, -0.2) is 0 Å². The van der Waals surface area contributed by atoms with Gasteiger partial charge in [-0.1, -0.05) is 0 Å². The van der Waals surface area contributed by atoms with E-state index in [0.29, 0.717) is 19.4 Å². The minimum atomic E-state index is -0.247. The molecule has 2 unspecified atom stereocenters. The van der Waals surface area contributed by atoms with Crippen LogP contribution in [0.5, 0.6) is 0 Å². The molecule has 0 aromatic heterocycles. The van der Waals surface area contributed by atoms with E-state index < -0.39 is 0 Å². The summed E-state index contributed by atoms with van der Waals surface area (Å²) in [6.45, 7) is 4.45. The van der Waals surface area contributed by atoms with Crippen LogP contribution in [0.25, 0.3) is 0 Å². The molecule has 0 bridgehead atoms. The van der Waals surface area contributed by atoms with Crippen LogP contribution in [0.15, 0.2) is 0 Å². The Balaban J connectivity index is 2.59. The Morgan fingerprint density at radius 3 is 2.79 bits per heavy atom. The number of hydrogen-bond donors (Lipinski definition) is 0. The normalized spacial score (nSPS) is 25.9. The van der Waals surface area contributed by atoms with Crippen LogP contribution in [0.2, 0.25) is 0 Å². The molecule has 1 rings (SSSR count). The first-order chi connectivity index (χ1) is 6.56. The number of methoxy groups -OCH3 is 1. The maximum Gasteiger partial charge on any atom is 0.322 e. The van der Waals surface area contributed by atoms with Crippen LogP contribution in [0.1, 0.15) is 26.7 Å². The zero-order valence-corrected chi connectivity index (χ0v) is 8.95. The molecular weight excluding hydrogens is 182 g/mol. The molecule has 1 fully saturated rings. The molecule has 0 N–H and O–H groups in total. The van der Waals surface area contributed by atoms with Crippen molar-refractivity contribution >= 4 is 11.8 Å². The van der Waals surface area contributed by atoms with Crippen LogP contribution in [0.4, 0.5) is 0 Å². The fraction of sp³-hybridized carbons (Fsp3) is 0.800. The van der Waals surface area contributed by atoms with Gasteiger partial charge in [0.2, 0.25) is 0 Å². The van der Waals surface area contributed by atoms with Crippen molar-refractivity contribution in [3.8, 4) is 0 Å². The predicted molar refractivity (Wildman–Crippen MR) is 51.9 cm³/mol. The third-order valence-corrected chi connectivity index (χ3v) is 2.78. The first-order valence-corrected chi connectivity index (χ1v) is 4.91. The SMILES string of the molecule is COC(=O)C(C)N1CCC(=O)CC1C. The van der Waals surface area contributed by atoms with Gasteiger partial charge in [-0.2, -0.15) is 0 Å². The number of carbonyl (C=O) groups excluding carboxylic acids is 2. The number of esters is 1. The summed E-state index contributed by atoms with van der Waals surface area (Å²) in [5, 5.41) is 0. The molecule has 4 nitrogen and oxygen atoms in total. The first-order valence-electron chi connectivity index (χ1n) is 4.91. The summed E-state index contributed by atoms with van der Waals surface area (Å²) in [4.78, 5) is 24.4. The Morgan fingerprint density at radius 2 is 2.29 bits per heavy atom. The summed E-state index contributed by atoms with van der Waals surface area (Å²) in [7, 11) is 1.39. The Bertz CT molecular complexity index is 240. The number of nitrogens with zero attached hydrogens (tertiary/aromatic N) is 1. The van der Waals surface area contributed by atoms with Gasteiger partial charge in [0.1, 0.15) is 11.8 Å². The summed E-state index contributed by atoms with van der Waals surface area (Å²) >= 11 is 0. The number of rotatable bonds is 2. The highest BCUT2D eigenvalue weighted by atomic mass is 16.5. The van der Waals surface area contributed by atoms with Crippen molar-refractivity contribution in [2.45, 2.75) is 38.8 Å². The van der Waals surface area contributed by atoms with Gasteiger partial charge in [-0.05, 0) is 13.8 Å². The third-order valence-electron chi connectivity index (χ3n) is 2.78. The zero-order valence-electron chi connectivity index (χ0n) is 8.95. The predicted octanol–water partition coefficient (Wildman–Crippen LogP) is 0.601. The summed E-state index contributed by atoms with van der Waals surface area (Å²) in [5.74, 6) is 0.0528. The van der Waals surface area contributed by atoms with E-state index in [1.54, 1.807) is 0 Å². The van der Waals surface area contributed by atoms with E-state index in [-0.39, 0.29) is 23.8 Å². The van der Waals surface area contributed by atoms with Crippen molar-refractivity contribution in [2.24, 2.45) is 0 Å². The van der Waals surface area contributed by atoms with Crippen molar-refractivity contribution in [1.29, 1.82) is 0 Å². The minimum Gasteiger partial charge on any atom is -0.468 e. The van der Waals surface area contributed by atoms with E-state index in [1.807, 2.05) is 18.7 Å². The maximum absolute atomic E-state index is 11.3. The number of hydrogen-bond acceptors (Lipinski definition) is 4. The monoisotopic (exact) mass is 199 g/mol. The second-order valence-corrected chi connectivity index (χ2v) is 3.78. The lowest BCUT2D eigenvalue weighted by molar-refractivity contribution is -0.148. The molecule has 0 radical (unpaired) electrons. The molecule has 1 aliphatic rings. The molecule has 1 saturated heterocycles. The molecule has 4 heteroatoms. The number of piperidine rings is 1. The van der Waals surface area contributed by atoms with E-state index in [2.05, 4.69) is 4.74 Å². The summed E-state index contributed by atoms with van der Waals surface area (Å²) < 4.78 is 4.67. The lowest BCUT2D eigenvalue weighted by atomic mass is 10.0. The topological polar surface area (TPSA) is 46.6 Å². The first kappa shape index (κ1) is 11.2. The van der Waals surface area contributed by atoms with E-state index >= 15 is 0 Å². The van der Waals surface area contributed by atoms with Gasteiger partial charge in [-0.3, -0.25) is 14.5 Å². The van der Waals surface area contributed by atoms with Crippen LogP contribution in [-0.2, 0) is 14.3 Å². The van der Waals surface area contributed by atoms with Gasteiger partial charge in [0.15, 0.2) is 0 Å². The number of ketones is 1. The highest BCUT2D eigenvalue weighted by Crippen LogP contribution is 2.17. The van der Waals surface area contributed by atoms with Gasteiger partial charge in [0, 0.05) is 25.4 Å². The molecule has 0 spiro atoms. The van der Waals surface area contributed by atoms with Crippen LogP contribution in [0, 0.1) is 0 Å². The van der Waals surface area contributed by atoms with Gasteiger partial charge in [0.25, 0.3) is 0 Å². The molecular formula is C10H17NO3. The molecule has 1 heterocycles. The van der Waals surface area contributed by atoms with E-state index in [9.17, 15) is 9.59 Å². The molecule has 1 aliphatic heterocycles. The van der Waals surface area contributed by atoms with Crippen molar-refractivity contribution in [1.82, 2.24) is 4.90 Å². The standard InChI is InChI=1S/C10H17NO3/c1-7-6-9(12)4-5-11(7)8(2)10(13)14-3/h7-8H,4-6H2,1-3H3. The second-order valence-electron chi connectivity index (χ2n) is 3.78. The van der Waals surface area contributed by atoms with Crippen LogP contribution in [-0.4, -0.2) is 42.4 Å². The Labute approximate surface area is 84.2 Å². The smallest absolute Gasteiger partial charge is 0.322 e. The Morgan fingerprint density at radius 1 is 1.64 bits per heavy atom. The molecule has 0 aromatic carbocycles. The van der Waals surface area contributed by atoms with Crippen molar-refractivity contribution in [2.75, 3.05) is 13.7 Å². The average Bonchev–Trinajstić information content (AvgIpc) is 2.15. The van der Waals surface area contributed by atoms with Crippen LogP contribution >= 0.6 is 0 Å². The Kier molecular flexibility index (Phi) is 3.63. The van der Waals surface area contributed by atoms with Crippen molar-refractivity contribution in [3.63, 3.8) is 0 Å². The molecule has 80 valence electrons. The molecule has 0 aliphatic carbocycles. The number of Topliss-reactive ketones (excluding diaryl/α,β-unsaturated/α-hetero) is 1. The van der Waals surface area contributed by atoms with Crippen molar-refractivity contribution in [3.05, 3.63) is 0 Å². The molecule has 2 atom stereocenters. The minimum absolute atomic E-state index is 0.144. The largest absolute Gasteiger partial charge is 0.468 e. The van der Waals surface area contributed by atoms with Crippen LogP contribution < -0.4 is 0 Å². The summed E-state index contributed by atoms with van der Waals surface area (Å²) in [5.41, 5.74) is 0. The number of carbonyl (C=O) groups is 2. The summed E-state index contributed by atoms with van der Waals surface area (Å²) in [6, 6.07) is -0.103. The van der Waals surface area contributed by atoms with E-state index in [0.717, 1.165) is 0 Å². The van der Waals surface area contributed by atoms with E-state index in [1.165, 1.54) is 7.11 Å². The lowest BCUT2D eigenvalue weighted by Gasteiger charge is -2.35. The molecule has 0 aromatic rings. The third kappa shape index (κ3) is 2.32. The second kappa shape index (κ2) is 4.55. The molecule has 0 saturated carbocycles. The van der Waals surface area contributed by atoms with Crippen LogP contribution in [0.3, 0.4) is 0 Å². The average molecular weight is 199 g/mol. The molecule has 0 amide bonds. The highest BCUT2D eigenvalue weighted by molar-refractivity contribution is 5.81. The van der Waals surface area contributed by atoms with E-state index in [4.69, 9.17) is 0 Å². The fourth-order valence-corrected chi connectivity index (χ4v) is 1.90. The number of likely N-dealkylation sites (tertiary alicyclic amines) is 1. The zero-order chi connectivity index (χ0) is 10.7. The highest BCUT2D eigenvalue weighted by Gasteiger charge is 2.30. The number of ether oxygens (including phenoxy) is 1. The van der Waals surface area contributed by atoms with Gasteiger partial charge < -0.3 is 4.74 Å². The maximum atomic E-state index is 11.3. The Hall–Kier alpha value is -0.900. The lowest BCUT2D eigenvalue weighted by Crippen LogP contribution is -2.49. The fourth-order valence-electron chi connectivity index (χ4n) is 1.90.